The lowest BCUT2D eigenvalue weighted by Gasteiger charge is -2.46. The van der Waals surface area contributed by atoms with Gasteiger partial charge in [-0.3, -0.25) is 9.78 Å². The Balaban J connectivity index is 2.06. The Hall–Kier alpha value is -2.00. The summed E-state index contributed by atoms with van der Waals surface area (Å²) in [5, 5.41) is 18.6. The van der Waals surface area contributed by atoms with Crippen molar-refractivity contribution in [2.24, 2.45) is 0 Å². The predicted octanol–water partition coefficient (Wildman–Crippen LogP) is -1.29. The van der Waals surface area contributed by atoms with Gasteiger partial charge in [0.2, 0.25) is 5.95 Å². The first kappa shape index (κ1) is 12.1. The van der Waals surface area contributed by atoms with Crippen molar-refractivity contribution in [1.29, 1.82) is 0 Å². The minimum absolute atomic E-state index is 0.0184. The fraction of sp³-hybridized carbons (Fsp3) is 0.500. The number of nitrogen functional groups attached to an aromatic ring is 1. The molecule has 0 unspecified atom stereocenters. The van der Waals surface area contributed by atoms with Gasteiger partial charge in [0.1, 0.15) is 5.60 Å². The highest BCUT2D eigenvalue weighted by molar-refractivity contribution is 5.70. The number of nitrogens with one attached hydrogen (secondary N) is 1. The molecule has 5 N–H and O–H groups in total. The molecule has 0 amide bonds. The van der Waals surface area contributed by atoms with Crippen LogP contribution in [0.2, 0.25) is 0 Å². The van der Waals surface area contributed by atoms with Crippen molar-refractivity contribution in [2.45, 2.75) is 24.2 Å². The van der Waals surface area contributed by atoms with Crippen LogP contribution in [0.25, 0.3) is 11.2 Å². The number of rotatable bonds is 2. The van der Waals surface area contributed by atoms with Crippen LogP contribution in [-0.2, 0) is 0 Å². The van der Waals surface area contributed by atoms with E-state index in [0.29, 0.717) is 0 Å². The smallest absolute Gasteiger partial charge is 0.280 e. The molecule has 2 heterocycles. The lowest BCUT2D eigenvalue weighted by molar-refractivity contribution is -0.165. The Morgan fingerprint density at radius 1 is 1.68 bits per heavy atom. The monoisotopic (exact) mass is 269 g/mol. The molecule has 0 saturated heterocycles. The highest BCUT2D eigenvalue weighted by Gasteiger charge is 2.55. The van der Waals surface area contributed by atoms with Gasteiger partial charge in [-0.05, 0) is 0 Å². The Kier molecular flexibility index (Phi) is 2.38. The van der Waals surface area contributed by atoms with Crippen LogP contribution in [0.4, 0.5) is 10.3 Å². The van der Waals surface area contributed by atoms with E-state index in [0.717, 1.165) is 0 Å². The molecule has 3 rings (SSSR count). The van der Waals surface area contributed by atoms with Gasteiger partial charge in [-0.25, -0.2) is 9.37 Å². The summed E-state index contributed by atoms with van der Waals surface area (Å²) in [5.41, 5.74) is 3.40. The molecular weight excluding hydrogens is 257 g/mol. The number of hydrogen-bond donors (Lipinski definition) is 4. The Bertz CT molecular complexity index is 698. The van der Waals surface area contributed by atoms with Crippen molar-refractivity contribution < 1.29 is 14.6 Å². The standard InChI is InChI=1S/C10H12FN5O3/c11-6-4(1-10(6,19)2-17)16-3-13-5-7(16)14-9(12)15-8(5)18/h3-4,6,17,19H,1-2H2,(H3,12,14,15,18)/t4-,6-,10+/m1/s1. The van der Waals surface area contributed by atoms with E-state index < -0.39 is 30.0 Å². The fourth-order valence-electron chi connectivity index (χ4n) is 2.35. The molecule has 102 valence electrons. The van der Waals surface area contributed by atoms with E-state index in [1.165, 1.54) is 10.9 Å². The molecule has 1 fully saturated rings. The van der Waals surface area contributed by atoms with Crippen LogP contribution in [0.1, 0.15) is 12.5 Å². The molecule has 1 saturated carbocycles. The molecule has 19 heavy (non-hydrogen) atoms. The molecule has 0 spiro atoms. The van der Waals surface area contributed by atoms with Gasteiger partial charge in [0, 0.05) is 6.42 Å². The number of halogens is 1. The quantitative estimate of drug-likeness (QED) is 0.536. The number of H-pyrrole nitrogens is 1. The van der Waals surface area contributed by atoms with Crippen LogP contribution in [-0.4, -0.2) is 48.1 Å². The van der Waals surface area contributed by atoms with Crippen molar-refractivity contribution >= 4 is 17.1 Å². The molecule has 2 aromatic heterocycles. The lowest BCUT2D eigenvalue weighted by atomic mass is 9.74. The molecular formula is C10H12FN5O3. The summed E-state index contributed by atoms with van der Waals surface area (Å²) in [6, 6.07) is -0.726. The number of nitrogens with zero attached hydrogens (tertiary/aromatic N) is 3. The summed E-state index contributed by atoms with van der Waals surface area (Å²) in [7, 11) is 0. The zero-order chi connectivity index (χ0) is 13.8. The van der Waals surface area contributed by atoms with Gasteiger partial charge in [0.25, 0.3) is 5.56 Å². The molecule has 8 nitrogen and oxygen atoms in total. The number of anilines is 1. The first-order chi connectivity index (χ1) is 8.96. The summed E-state index contributed by atoms with van der Waals surface area (Å²) >= 11 is 0. The summed E-state index contributed by atoms with van der Waals surface area (Å²) < 4.78 is 15.3. The van der Waals surface area contributed by atoms with Gasteiger partial charge in [-0.1, -0.05) is 0 Å². The van der Waals surface area contributed by atoms with Gasteiger partial charge in [-0.2, -0.15) is 4.98 Å². The van der Waals surface area contributed by atoms with Crippen molar-refractivity contribution in [3.05, 3.63) is 16.7 Å². The van der Waals surface area contributed by atoms with Crippen LogP contribution in [0.5, 0.6) is 0 Å². The number of imidazole rings is 1. The number of alkyl halides is 1. The highest BCUT2D eigenvalue weighted by Crippen LogP contribution is 2.44. The normalized spacial score (nSPS) is 30.5. The molecule has 1 aliphatic carbocycles. The number of aromatic nitrogens is 4. The molecule has 0 bridgehead atoms. The van der Waals surface area contributed by atoms with Crippen molar-refractivity contribution in [2.75, 3.05) is 12.3 Å². The molecule has 1 aliphatic rings. The second kappa shape index (κ2) is 3.75. The van der Waals surface area contributed by atoms with E-state index in [2.05, 4.69) is 15.0 Å². The molecule has 3 atom stereocenters. The second-order valence-electron chi connectivity index (χ2n) is 4.71. The average Bonchev–Trinajstić information content (AvgIpc) is 2.78. The number of aliphatic hydroxyl groups excluding tert-OH is 1. The predicted molar refractivity (Wildman–Crippen MR) is 63.1 cm³/mol. The summed E-state index contributed by atoms with van der Waals surface area (Å²) in [5.74, 6) is -0.0913. The third kappa shape index (κ3) is 1.55. The van der Waals surface area contributed by atoms with E-state index in [4.69, 9.17) is 10.8 Å². The van der Waals surface area contributed by atoms with Gasteiger partial charge in [-0.15, -0.1) is 0 Å². The minimum atomic E-state index is -1.74. The van der Waals surface area contributed by atoms with Gasteiger partial charge in [0.15, 0.2) is 17.3 Å². The summed E-state index contributed by atoms with van der Waals surface area (Å²) in [6.45, 7) is -0.659. The Labute approximate surface area is 105 Å². The van der Waals surface area contributed by atoms with Crippen LogP contribution in [0, 0.1) is 0 Å². The van der Waals surface area contributed by atoms with Crippen molar-refractivity contribution in [1.82, 2.24) is 19.5 Å². The summed E-state index contributed by atoms with van der Waals surface area (Å²) in [6.07, 6.45) is -0.359. The van der Waals surface area contributed by atoms with Crippen LogP contribution in [0.3, 0.4) is 0 Å². The summed E-state index contributed by atoms with van der Waals surface area (Å²) in [4.78, 5) is 21.6. The molecule has 0 aliphatic heterocycles. The van der Waals surface area contributed by atoms with Crippen molar-refractivity contribution in [3.8, 4) is 0 Å². The van der Waals surface area contributed by atoms with Crippen molar-refractivity contribution in [3.63, 3.8) is 0 Å². The van der Waals surface area contributed by atoms with E-state index in [1.807, 2.05) is 0 Å². The minimum Gasteiger partial charge on any atom is -0.393 e. The van der Waals surface area contributed by atoms with Gasteiger partial charge >= 0.3 is 0 Å². The zero-order valence-electron chi connectivity index (χ0n) is 9.75. The van der Waals surface area contributed by atoms with Crippen LogP contribution >= 0.6 is 0 Å². The van der Waals surface area contributed by atoms with E-state index >= 15 is 0 Å². The van der Waals surface area contributed by atoms with Crippen LogP contribution in [0.15, 0.2) is 11.1 Å². The van der Waals surface area contributed by atoms with Crippen LogP contribution < -0.4 is 11.3 Å². The third-order valence-corrected chi connectivity index (χ3v) is 3.50. The first-order valence-corrected chi connectivity index (χ1v) is 5.66. The van der Waals surface area contributed by atoms with Gasteiger partial charge in [0.05, 0.1) is 19.0 Å². The first-order valence-electron chi connectivity index (χ1n) is 5.66. The topological polar surface area (TPSA) is 130 Å². The van der Waals surface area contributed by atoms with Gasteiger partial charge < -0.3 is 20.5 Å². The Morgan fingerprint density at radius 3 is 3.05 bits per heavy atom. The lowest BCUT2D eigenvalue weighted by Crippen LogP contribution is -2.58. The molecule has 0 radical (unpaired) electrons. The number of aliphatic hydroxyl groups is 2. The van der Waals surface area contributed by atoms with E-state index in [9.17, 15) is 14.3 Å². The molecule has 0 aromatic carbocycles. The number of hydrogen-bond acceptors (Lipinski definition) is 6. The zero-order valence-corrected chi connectivity index (χ0v) is 9.75. The molecule has 9 heteroatoms. The fourth-order valence-corrected chi connectivity index (χ4v) is 2.35. The maximum absolute atomic E-state index is 13.9. The molecule has 2 aromatic rings. The Morgan fingerprint density at radius 2 is 2.42 bits per heavy atom. The third-order valence-electron chi connectivity index (χ3n) is 3.50. The second-order valence-corrected chi connectivity index (χ2v) is 4.71. The number of nitrogens with two attached hydrogens (primary N) is 1. The number of aromatic amines is 1. The van der Waals surface area contributed by atoms with E-state index in [-0.39, 0.29) is 23.5 Å². The maximum Gasteiger partial charge on any atom is 0.280 e. The highest BCUT2D eigenvalue weighted by atomic mass is 19.1. The number of fused-ring (bicyclic) bond motifs is 1. The maximum atomic E-state index is 13.9. The largest absolute Gasteiger partial charge is 0.393 e. The SMILES string of the molecule is Nc1nc2c(ncn2[C@@H]2C[C@](O)(CO)[C@@H]2F)c(=O)[nH]1. The van der Waals surface area contributed by atoms with E-state index in [1.54, 1.807) is 0 Å². The average molecular weight is 269 g/mol.